The van der Waals surface area contributed by atoms with Crippen molar-refractivity contribution in [2.45, 2.75) is 72.3 Å². The topological polar surface area (TPSA) is 47.0 Å². The Bertz CT molecular complexity index is 454. The van der Waals surface area contributed by atoms with Crippen molar-refractivity contribution in [3.63, 3.8) is 0 Å². The molecule has 0 radical (unpaired) electrons. The third kappa shape index (κ3) is 4.32. The second kappa shape index (κ2) is 7.62. The molecule has 0 aromatic carbocycles. The van der Waals surface area contributed by atoms with Gasteiger partial charge in [0.2, 0.25) is 5.88 Å². The van der Waals surface area contributed by atoms with E-state index >= 15 is 0 Å². The summed E-state index contributed by atoms with van der Waals surface area (Å²) in [4.78, 5) is 9.26. The fraction of sp³-hybridized carbons (Fsp3) is 0.765. The molecule has 0 saturated heterocycles. The second-order valence-electron chi connectivity index (χ2n) is 6.20. The number of ether oxygens (including phenoxy) is 1. The van der Waals surface area contributed by atoms with Crippen LogP contribution in [0.4, 0.5) is 5.82 Å². The van der Waals surface area contributed by atoms with Gasteiger partial charge in [-0.05, 0) is 51.9 Å². The third-order valence-electron chi connectivity index (χ3n) is 4.21. The monoisotopic (exact) mass is 291 g/mol. The minimum atomic E-state index is 0.318. The van der Waals surface area contributed by atoms with E-state index in [4.69, 9.17) is 4.74 Å². The van der Waals surface area contributed by atoms with Gasteiger partial charge in [0.25, 0.3) is 0 Å². The molecule has 2 rings (SSSR count). The van der Waals surface area contributed by atoms with Crippen molar-refractivity contribution in [1.29, 1.82) is 0 Å². The lowest BCUT2D eigenvalue weighted by atomic mass is 9.89. The first kappa shape index (κ1) is 16.1. The Kier molecular flexibility index (Phi) is 5.83. The first-order chi connectivity index (χ1) is 10.1. The van der Waals surface area contributed by atoms with Crippen molar-refractivity contribution in [2.75, 3.05) is 11.9 Å². The van der Waals surface area contributed by atoms with E-state index in [-0.39, 0.29) is 0 Å². The van der Waals surface area contributed by atoms with Gasteiger partial charge in [-0.2, -0.15) is 4.98 Å². The number of nitrogens with zero attached hydrogens (tertiary/aromatic N) is 2. The van der Waals surface area contributed by atoms with Gasteiger partial charge in [0.05, 0.1) is 5.56 Å². The van der Waals surface area contributed by atoms with E-state index in [1.165, 1.54) is 12.8 Å². The van der Waals surface area contributed by atoms with Crippen molar-refractivity contribution in [2.24, 2.45) is 5.92 Å². The normalized spacial score (nSPS) is 22.1. The summed E-state index contributed by atoms with van der Waals surface area (Å²) < 4.78 is 6.22. The maximum Gasteiger partial charge on any atom is 0.222 e. The molecule has 0 atom stereocenters. The number of hydrogen-bond donors (Lipinski definition) is 1. The van der Waals surface area contributed by atoms with Crippen molar-refractivity contribution in [1.82, 2.24) is 9.97 Å². The fourth-order valence-electron chi connectivity index (χ4n) is 2.84. The van der Waals surface area contributed by atoms with E-state index in [2.05, 4.69) is 43.0 Å². The zero-order valence-corrected chi connectivity index (χ0v) is 13.9. The number of aromatic nitrogens is 2. The molecule has 4 nitrogen and oxygen atoms in total. The van der Waals surface area contributed by atoms with Gasteiger partial charge < -0.3 is 10.1 Å². The number of nitrogens with one attached hydrogen (secondary N) is 1. The standard InChI is InChI=1S/C17H29N3O/c1-5-7-15-19-16(18-6-2)13(4)17(20-15)21-14-10-8-12(3)9-11-14/h12,14H,5-11H2,1-4H3,(H,18,19,20). The van der Waals surface area contributed by atoms with Crippen LogP contribution in [0.3, 0.4) is 0 Å². The summed E-state index contributed by atoms with van der Waals surface area (Å²) in [5.74, 6) is 3.43. The smallest absolute Gasteiger partial charge is 0.222 e. The summed E-state index contributed by atoms with van der Waals surface area (Å²) in [6, 6.07) is 0. The zero-order valence-electron chi connectivity index (χ0n) is 13.9. The van der Waals surface area contributed by atoms with E-state index in [1.807, 2.05) is 0 Å². The zero-order chi connectivity index (χ0) is 15.2. The van der Waals surface area contributed by atoms with E-state index in [0.29, 0.717) is 6.10 Å². The predicted octanol–water partition coefficient (Wildman–Crippen LogP) is 4.13. The summed E-state index contributed by atoms with van der Waals surface area (Å²) >= 11 is 0. The van der Waals surface area contributed by atoms with Crippen LogP contribution < -0.4 is 10.1 Å². The molecular weight excluding hydrogens is 262 g/mol. The number of aryl methyl sites for hydroxylation is 1. The SMILES string of the molecule is CCCc1nc(NCC)c(C)c(OC2CCC(C)CC2)n1. The molecule has 0 unspecified atom stereocenters. The second-order valence-corrected chi connectivity index (χ2v) is 6.20. The third-order valence-corrected chi connectivity index (χ3v) is 4.21. The fourth-order valence-corrected chi connectivity index (χ4v) is 2.84. The van der Waals surface area contributed by atoms with Crippen molar-refractivity contribution < 1.29 is 4.74 Å². The molecule has 0 aliphatic heterocycles. The number of anilines is 1. The van der Waals surface area contributed by atoms with E-state index in [9.17, 15) is 0 Å². The number of hydrogen-bond acceptors (Lipinski definition) is 4. The predicted molar refractivity (Wildman–Crippen MR) is 87.0 cm³/mol. The molecule has 1 N–H and O–H groups in total. The van der Waals surface area contributed by atoms with Crippen molar-refractivity contribution in [3.8, 4) is 5.88 Å². The lowest BCUT2D eigenvalue weighted by Gasteiger charge is -2.27. The Morgan fingerprint density at radius 2 is 1.86 bits per heavy atom. The summed E-state index contributed by atoms with van der Waals surface area (Å²) in [6.45, 7) is 9.48. The maximum absolute atomic E-state index is 6.22. The molecular formula is C17H29N3O. The van der Waals surface area contributed by atoms with Crippen molar-refractivity contribution >= 4 is 5.82 Å². The van der Waals surface area contributed by atoms with Crippen LogP contribution in [0.2, 0.25) is 0 Å². The van der Waals surface area contributed by atoms with Gasteiger partial charge in [0.1, 0.15) is 17.7 Å². The molecule has 1 aliphatic rings. The lowest BCUT2D eigenvalue weighted by Crippen LogP contribution is -2.24. The first-order valence-corrected chi connectivity index (χ1v) is 8.42. The molecule has 118 valence electrons. The molecule has 1 fully saturated rings. The largest absolute Gasteiger partial charge is 0.474 e. The van der Waals surface area contributed by atoms with Gasteiger partial charge in [-0.25, -0.2) is 4.98 Å². The Balaban J connectivity index is 2.16. The molecule has 1 saturated carbocycles. The molecule has 21 heavy (non-hydrogen) atoms. The molecule has 0 amide bonds. The Labute approximate surface area is 128 Å². The Morgan fingerprint density at radius 1 is 1.14 bits per heavy atom. The van der Waals surface area contributed by atoms with Crippen LogP contribution in [0.15, 0.2) is 0 Å². The van der Waals surface area contributed by atoms with Crippen LogP contribution in [0.1, 0.15) is 64.3 Å². The van der Waals surface area contributed by atoms with Crippen LogP contribution in [0.5, 0.6) is 5.88 Å². The van der Waals surface area contributed by atoms with Crippen LogP contribution in [0, 0.1) is 12.8 Å². The van der Waals surface area contributed by atoms with Gasteiger partial charge in [-0.15, -0.1) is 0 Å². The lowest BCUT2D eigenvalue weighted by molar-refractivity contribution is 0.129. The average molecular weight is 291 g/mol. The average Bonchev–Trinajstić information content (AvgIpc) is 2.47. The summed E-state index contributed by atoms with van der Waals surface area (Å²) in [7, 11) is 0. The van der Waals surface area contributed by atoms with Gasteiger partial charge >= 0.3 is 0 Å². The molecule has 1 aromatic rings. The molecule has 0 spiro atoms. The van der Waals surface area contributed by atoms with Crippen LogP contribution >= 0.6 is 0 Å². The van der Waals surface area contributed by atoms with Gasteiger partial charge in [0.15, 0.2) is 0 Å². The highest BCUT2D eigenvalue weighted by molar-refractivity contribution is 5.48. The maximum atomic E-state index is 6.22. The van der Waals surface area contributed by atoms with Crippen molar-refractivity contribution in [3.05, 3.63) is 11.4 Å². The highest BCUT2D eigenvalue weighted by atomic mass is 16.5. The highest BCUT2D eigenvalue weighted by Gasteiger charge is 2.22. The summed E-state index contributed by atoms with van der Waals surface area (Å²) in [5.41, 5.74) is 1.04. The molecule has 1 heterocycles. The molecule has 1 aliphatic carbocycles. The minimum Gasteiger partial charge on any atom is -0.474 e. The summed E-state index contributed by atoms with van der Waals surface area (Å²) in [6.07, 6.45) is 7.08. The van der Waals surface area contributed by atoms with Crippen LogP contribution in [0.25, 0.3) is 0 Å². The highest BCUT2D eigenvalue weighted by Crippen LogP contribution is 2.29. The van der Waals surface area contributed by atoms with Crippen LogP contribution in [-0.4, -0.2) is 22.6 Å². The Morgan fingerprint density at radius 3 is 2.48 bits per heavy atom. The quantitative estimate of drug-likeness (QED) is 0.856. The summed E-state index contributed by atoms with van der Waals surface area (Å²) in [5, 5.41) is 3.33. The van der Waals surface area contributed by atoms with E-state index in [1.54, 1.807) is 0 Å². The van der Waals surface area contributed by atoms with Crippen LogP contribution in [-0.2, 0) is 6.42 Å². The Hall–Kier alpha value is -1.32. The molecule has 0 bridgehead atoms. The van der Waals surface area contributed by atoms with E-state index < -0.39 is 0 Å². The van der Waals surface area contributed by atoms with Gasteiger partial charge in [-0.3, -0.25) is 0 Å². The van der Waals surface area contributed by atoms with Gasteiger partial charge in [0, 0.05) is 13.0 Å². The number of rotatable bonds is 6. The van der Waals surface area contributed by atoms with E-state index in [0.717, 1.165) is 61.2 Å². The van der Waals surface area contributed by atoms with Gasteiger partial charge in [-0.1, -0.05) is 13.8 Å². The molecule has 4 heteroatoms. The minimum absolute atomic E-state index is 0.318. The molecule has 1 aromatic heterocycles. The first-order valence-electron chi connectivity index (χ1n) is 8.42.